The summed E-state index contributed by atoms with van der Waals surface area (Å²) in [5.41, 5.74) is 6.49. The molecule has 1 rings (SSSR count). The predicted octanol–water partition coefficient (Wildman–Crippen LogP) is 0.744. The zero-order valence-electron chi connectivity index (χ0n) is 10.2. The molecule has 3 N–H and O–H groups in total. The van der Waals surface area contributed by atoms with Gasteiger partial charge in [0.1, 0.15) is 12.0 Å². The van der Waals surface area contributed by atoms with Gasteiger partial charge in [-0.05, 0) is 31.0 Å². The van der Waals surface area contributed by atoms with E-state index in [9.17, 15) is 4.79 Å². The van der Waals surface area contributed by atoms with Gasteiger partial charge in [0.15, 0.2) is 0 Å². The smallest absolute Gasteiger partial charge is 0.137 e. The van der Waals surface area contributed by atoms with Crippen LogP contribution < -0.4 is 15.8 Å². The molecular formula is C13H20N2O2. The normalized spacial score (nSPS) is 12.1. The highest BCUT2D eigenvalue weighted by Crippen LogP contribution is 2.13. The average molecular weight is 236 g/mol. The summed E-state index contributed by atoms with van der Waals surface area (Å²) >= 11 is 0. The fourth-order valence-electron chi connectivity index (χ4n) is 1.58. The number of hydrogen-bond donors (Lipinski definition) is 2. The molecule has 0 aliphatic heterocycles. The van der Waals surface area contributed by atoms with Gasteiger partial charge in [0.25, 0.3) is 0 Å². The number of carbonyl (C=O) groups is 1. The molecule has 0 amide bonds. The van der Waals surface area contributed by atoms with E-state index in [-0.39, 0.29) is 6.04 Å². The molecule has 4 nitrogen and oxygen atoms in total. The third-order valence-electron chi connectivity index (χ3n) is 2.41. The van der Waals surface area contributed by atoms with Gasteiger partial charge in [0, 0.05) is 13.1 Å². The molecule has 1 aromatic carbocycles. The molecule has 0 unspecified atom stereocenters. The molecule has 0 spiro atoms. The van der Waals surface area contributed by atoms with Crippen molar-refractivity contribution in [1.82, 2.24) is 5.32 Å². The molecule has 0 saturated carbocycles. The summed E-state index contributed by atoms with van der Waals surface area (Å²) in [6, 6.07) is 7.63. The van der Waals surface area contributed by atoms with Gasteiger partial charge in [-0.3, -0.25) is 0 Å². The van der Waals surface area contributed by atoms with Crippen LogP contribution in [-0.4, -0.2) is 32.0 Å². The minimum absolute atomic E-state index is 0.170. The Labute approximate surface area is 102 Å². The molecule has 94 valence electrons. The second-order valence-electron chi connectivity index (χ2n) is 3.77. The van der Waals surface area contributed by atoms with Crippen LogP contribution in [0.4, 0.5) is 0 Å². The van der Waals surface area contributed by atoms with E-state index in [0.717, 1.165) is 17.6 Å². The van der Waals surface area contributed by atoms with Gasteiger partial charge >= 0.3 is 0 Å². The second kappa shape index (κ2) is 7.81. The summed E-state index contributed by atoms with van der Waals surface area (Å²) in [5.74, 6) is 0.855. The third-order valence-corrected chi connectivity index (χ3v) is 2.41. The first-order valence-corrected chi connectivity index (χ1v) is 5.90. The van der Waals surface area contributed by atoms with Gasteiger partial charge < -0.3 is 20.6 Å². The standard InChI is InChI=1S/C13H20N2O2/c1-2-17-13-5-3-11(4-6-13)9-12(10-16)15-8-7-14/h3-6,10,12,15H,2,7-9,14H2,1H3/t12-/m0/s1. The largest absolute Gasteiger partial charge is 0.494 e. The van der Waals surface area contributed by atoms with Crippen molar-refractivity contribution in [2.75, 3.05) is 19.7 Å². The van der Waals surface area contributed by atoms with Crippen LogP contribution >= 0.6 is 0 Å². The minimum Gasteiger partial charge on any atom is -0.494 e. The van der Waals surface area contributed by atoms with Crippen molar-refractivity contribution >= 4 is 6.29 Å². The number of rotatable bonds is 8. The number of benzene rings is 1. The van der Waals surface area contributed by atoms with Crippen molar-refractivity contribution in [3.8, 4) is 5.75 Å². The Balaban J connectivity index is 2.51. The highest BCUT2D eigenvalue weighted by molar-refractivity contribution is 5.58. The van der Waals surface area contributed by atoms with Gasteiger partial charge in [-0.15, -0.1) is 0 Å². The lowest BCUT2D eigenvalue weighted by molar-refractivity contribution is -0.109. The molecule has 0 aromatic heterocycles. The molecular weight excluding hydrogens is 216 g/mol. The summed E-state index contributed by atoms with van der Waals surface area (Å²) in [7, 11) is 0. The van der Waals surface area contributed by atoms with E-state index in [1.54, 1.807) is 0 Å². The molecule has 0 heterocycles. The summed E-state index contributed by atoms with van der Waals surface area (Å²) in [6.45, 7) is 3.80. The SMILES string of the molecule is CCOc1ccc(C[C@@H](C=O)NCCN)cc1. The zero-order chi connectivity index (χ0) is 12.5. The van der Waals surface area contributed by atoms with Gasteiger partial charge in [-0.25, -0.2) is 0 Å². The molecule has 0 fully saturated rings. The van der Waals surface area contributed by atoms with Crippen LogP contribution in [0.1, 0.15) is 12.5 Å². The van der Waals surface area contributed by atoms with Gasteiger partial charge in [-0.2, -0.15) is 0 Å². The Morgan fingerprint density at radius 3 is 2.65 bits per heavy atom. The van der Waals surface area contributed by atoms with Crippen LogP contribution in [0.2, 0.25) is 0 Å². The molecule has 0 bridgehead atoms. The Kier molecular flexibility index (Phi) is 6.29. The van der Waals surface area contributed by atoms with E-state index in [4.69, 9.17) is 10.5 Å². The fraction of sp³-hybridized carbons (Fsp3) is 0.462. The highest BCUT2D eigenvalue weighted by Gasteiger charge is 2.06. The molecule has 0 radical (unpaired) electrons. The number of carbonyl (C=O) groups excluding carboxylic acids is 1. The van der Waals surface area contributed by atoms with Gasteiger partial charge in [-0.1, -0.05) is 12.1 Å². The zero-order valence-corrected chi connectivity index (χ0v) is 10.2. The number of nitrogens with two attached hydrogens (primary N) is 1. The van der Waals surface area contributed by atoms with Crippen molar-refractivity contribution in [3.05, 3.63) is 29.8 Å². The molecule has 4 heteroatoms. The van der Waals surface area contributed by atoms with E-state index in [1.807, 2.05) is 31.2 Å². The first-order valence-electron chi connectivity index (χ1n) is 5.90. The lowest BCUT2D eigenvalue weighted by atomic mass is 10.1. The Bertz CT molecular complexity index is 325. The number of hydrogen-bond acceptors (Lipinski definition) is 4. The maximum absolute atomic E-state index is 10.9. The Morgan fingerprint density at radius 1 is 1.41 bits per heavy atom. The average Bonchev–Trinajstić information content (AvgIpc) is 2.37. The monoisotopic (exact) mass is 236 g/mol. The first-order chi connectivity index (χ1) is 8.30. The third kappa shape index (κ3) is 4.97. The summed E-state index contributed by atoms with van der Waals surface area (Å²) in [4.78, 5) is 10.9. The maximum atomic E-state index is 10.9. The quantitative estimate of drug-likeness (QED) is 0.654. The van der Waals surface area contributed by atoms with Crippen LogP contribution in [0, 0.1) is 0 Å². The van der Waals surface area contributed by atoms with Crippen LogP contribution in [0.15, 0.2) is 24.3 Å². The van der Waals surface area contributed by atoms with Crippen molar-refractivity contribution < 1.29 is 9.53 Å². The molecule has 0 aliphatic carbocycles. The Morgan fingerprint density at radius 2 is 2.12 bits per heavy atom. The summed E-state index contributed by atoms with van der Waals surface area (Å²) < 4.78 is 5.36. The molecule has 1 aromatic rings. The number of nitrogens with one attached hydrogen (secondary N) is 1. The van der Waals surface area contributed by atoms with Crippen molar-refractivity contribution in [1.29, 1.82) is 0 Å². The lowest BCUT2D eigenvalue weighted by Crippen LogP contribution is -2.36. The summed E-state index contributed by atoms with van der Waals surface area (Å²) in [6.07, 6.45) is 1.60. The van der Waals surface area contributed by atoms with E-state index in [1.165, 1.54) is 0 Å². The van der Waals surface area contributed by atoms with Crippen LogP contribution in [0.25, 0.3) is 0 Å². The van der Waals surface area contributed by atoms with Crippen LogP contribution in [0.5, 0.6) is 5.75 Å². The highest BCUT2D eigenvalue weighted by atomic mass is 16.5. The van der Waals surface area contributed by atoms with E-state index in [2.05, 4.69) is 5.32 Å². The first kappa shape index (κ1) is 13.7. The fourth-order valence-corrected chi connectivity index (χ4v) is 1.58. The number of aldehydes is 1. The van der Waals surface area contributed by atoms with E-state index in [0.29, 0.717) is 26.1 Å². The molecule has 0 saturated heterocycles. The minimum atomic E-state index is -0.170. The van der Waals surface area contributed by atoms with Crippen molar-refractivity contribution in [2.24, 2.45) is 5.73 Å². The molecule has 0 aliphatic rings. The lowest BCUT2D eigenvalue weighted by Gasteiger charge is -2.12. The van der Waals surface area contributed by atoms with Gasteiger partial charge in [0.05, 0.1) is 12.6 Å². The topological polar surface area (TPSA) is 64.3 Å². The van der Waals surface area contributed by atoms with Gasteiger partial charge in [0.2, 0.25) is 0 Å². The Hall–Kier alpha value is -1.39. The predicted molar refractivity (Wildman–Crippen MR) is 68.2 cm³/mol. The maximum Gasteiger partial charge on any atom is 0.137 e. The van der Waals surface area contributed by atoms with Crippen LogP contribution in [-0.2, 0) is 11.2 Å². The molecule has 17 heavy (non-hydrogen) atoms. The van der Waals surface area contributed by atoms with Crippen LogP contribution in [0.3, 0.4) is 0 Å². The molecule has 1 atom stereocenters. The van der Waals surface area contributed by atoms with E-state index < -0.39 is 0 Å². The van der Waals surface area contributed by atoms with Crippen molar-refractivity contribution in [2.45, 2.75) is 19.4 Å². The summed E-state index contributed by atoms with van der Waals surface area (Å²) in [5, 5.41) is 3.08. The van der Waals surface area contributed by atoms with Crippen molar-refractivity contribution in [3.63, 3.8) is 0 Å². The second-order valence-corrected chi connectivity index (χ2v) is 3.77. The van der Waals surface area contributed by atoms with E-state index >= 15 is 0 Å². The number of ether oxygens (including phenoxy) is 1.